The minimum atomic E-state index is -0.642. The van der Waals surface area contributed by atoms with Gasteiger partial charge in [0.15, 0.2) is 0 Å². The number of rotatable bonds is 3. The molecule has 2 aliphatic rings. The third kappa shape index (κ3) is 3.63. The number of halogens is 1. The van der Waals surface area contributed by atoms with Gasteiger partial charge in [0.25, 0.3) is 5.91 Å². The Morgan fingerprint density at radius 2 is 1.88 bits per heavy atom. The topological polar surface area (TPSA) is 64.9 Å². The molecule has 0 heterocycles. The average Bonchev–Trinajstić information content (AvgIpc) is 2.62. The van der Waals surface area contributed by atoms with Crippen molar-refractivity contribution in [3.05, 3.63) is 29.6 Å². The molecule has 2 saturated carbocycles. The van der Waals surface area contributed by atoms with Crippen LogP contribution in [0.25, 0.3) is 0 Å². The number of carbonyl (C=O) groups excluding carboxylic acids is 1. The van der Waals surface area contributed by atoms with Crippen LogP contribution in [0.2, 0.25) is 0 Å². The summed E-state index contributed by atoms with van der Waals surface area (Å²) in [7, 11) is 1.48. The van der Waals surface area contributed by atoms with Gasteiger partial charge in [0.2, 0.25) is 0 Å². The van der Waals surface area contributed by atoms with Crippen molar-refractivity contribution in [1.29, 1.82) is 5.26 Å². The summed E-state index contributed by atoms with van der Waals surface area (Å²) in [5.74, 6) is -1.02. The highest BCUT2D eigenvalue weighted by Crippen LogP contribution is 2.51. The maximum absolute atomic E-state index is 14.2. The Hall–Kier alpha value is -2.09. The molecule has 1 atom stereocenters. The van der Waals surface area contributed by atoms with E-state index in [-0.39, 0.29) is 11.0 Å². The molecule has 25 heavy (non-hydrogen) atoms. The summed E-state index contributed by atoms with van der Waals surface area (Å²) in [5.41, 5.74) is 0.210. The largest absolute Gasteiger partial charge is 0.367 e. The van der Waals surface area contributed by atoms with Gasteiger partial charge in [-0.2, -0.15) is 5.26 Å². The van der Waals surface area contributed by atoms with Crippen LogP contribution in [0.4, 0.5) is 10.1 Å². The van der Waals surface area contributed by atoms with Crippen LogP contribution in [0, 0.1) is 22.6 Å². The van der Waals surface area contributed by atoms with Crippen molar-refractivity contribution in [2.75, 3.05) is 12.4 Å². The van der Waals surface area contributed by atoms with Crippen molar-refractivity contribution in [1.82, 2.24) is 5.32 Å². The maximum Gasteiger partial charge on any atom is 0.253 e. The molecule has 1 aromatic rings. The molecule has 1 aromatic carbocycles. The minimum Gasteiger partial charge on any atom is -0.367 e. The molecule has 0 aliphatic heterocycles. The quantitative estimate of drug-likeness (QED) is 0.856. The number of nitriles is 1. The lowest BCUT2D eigenvalue weighted by molar-refractivity contribution is 0.0959. The second kappa shape index (κ2) is 7.03. The van der Waals surface area contributed by atoms with E-state index in [1.807, 2.05) is 0 Å². The fourth-order valence-electron chi connectivity index (χ4n) is 4.73. The van der Waals surface area contributed by atoms with Crippen LogP contribution in [0.5, 0.6) is 0 Å². The summed E-state index contributed by atoms with van der Waals surface area (Å²) >= 11 is 0. The first-order valence-electron chi connectivity index (χ1n) is 9.23. The Morgan fingerprint density at radius 1 is 1.16 bits per heavy atom. The molecule has 1 amide bonds. The van der Waals surface area contributed by atoms with E-state index < -0.39 is 17.3 Å². The standard InChI is InChI=1S/C20H26FN3O/c1-23-18(25)16-7-6-15(12-17(16)21)24-20(14-22)11-5-10-19(13-20)8-3-2-4-9-19/h6-7,12,24H,2-5,8-11,13H2,1H3,(H,23,25)/t20-/m0/s1. The molecule has 1 spiro atoms. The summed E-state index contributed by atoms with van der Waals surface area (Å²) in [6.45, 7) is 0. The number of carbonyl (C=O) groups is 1. The fraction of sp³-hybridized carbons (Fsp3) is 0.600. The molecule has 0 aromatic heterocycles. The summed E-state index contributed by atoms with van der Waals surface area (Å²) in [5, 5.41) is 15.6. The first kappa shape index (κ1) is 17.7. The highest BCUT2D eigenvalue weighted by Gasteiger charge is 2.45. The molecule has 4 nitrogen and oxygen atoms in total. The molecule has 134 valence electrons. The molecule has 2 aliphatic carbocycles. The van der Waals surface area contributed by atoms with E-state index in [4.69, 9.17) is 0 Å². The molecule has 3 rings (SSSR count). The Kier molecular flexibility index (Phi) is 4.99. The normalized spacial score (nSPS) is 25.2. The predicted molar refractivity (Wildman–Crippen MR) is 95.7 cm³/mol. The van der Waals surface area contributed by atoms with Crippen molar-refractivity contribution < 1.29 is 9.18 Å². The fourth-order valence-corrected chi connectivity index (χ4v) is 4.73. The highest BCUT2D eigenvalue weighted by molar-refractivity contribution is 5.94. The lowest BCUT2D eigenvalue weighted by Gasteiger charge is -2.47. The molecule has 2 fully saturated rings. The second-order valence-corrected chi connectivity index (χ2v) is 7.68. The van der Waals surface area contributed by atoms with Crippen molar-refractivity contribution >= 4 is 11.6 Å². The molecular weight excluding hydrogens is 317 g/mol. The van der Waals surface area contributed by atoms with E-state index in [0.29, 0.717) is 5.69 Å². The summed E-state index contributed by atoms with van der Waals surface area (Å²) in [6, 6.07) is 6.98. The lowest BCUT2D eigenvalue weighted by atomic mass is 9.60. The molecule has 0 saturated heterocycles. The molecule has 0 bridgehead atoms. The van der Waals surface area contributed by atoms with Gasteiger partial charge in [-0.1, -0.05) is 19.3 Å². The van der Waals surface area contributed by atoms with Crippen molar-refractivity contribution in [2.24, 2.45) is 5.41 Å². The number of anilines is 1. The zero-order chi connectivity index (χ0) is 17.9. The summed E-state index contributed by atoms with van der Waals surface area (Å²) < 4.78 is 14.2. The van der Waals surface area contributed by atoms with E-state index >= 15 is 0 Å². The van der Waals surface area contributed by atoms with Gasteiger partial charge in [-0.25, -0.2) is 4.39 Å². The zero-order valence-electron chi connectivity index (χ0n) is 14.8. The van der Waals surface area contributed by atoms with Gasteiger partial charge in [0, 0.05) is 12.7 Å². The van der Waals surface area contributed by atoms with Gasteiger partial charge < -0.3 is 10.6 Å². The van der Waals surface area contributed by atoms with Crippen molar-refractivity contribution in [3.63, 3.8) is 0 Å². The molecule has 2 N–H and O–H groups in total. The van der Waals surface area contributed by atoms with Crippen LogP contribution < -0.4 is 10.6 Å². The first-order valence-corrected chi connectivity index (χ1v) is 9.23. The Balaban J connectivity index is 1.81. The van der Waals surface area contributed by atoms with E-state index in [1.54, 1.807) is 6.07 Å². The van der Waals surface area contributed by atoms with Gasteiger partial charge in [-0.3, -0.25) is 4.79 Å². The van der Waals surface area contributed by atoms with E-state index in [9.17, 15) is 14.4 Å². The monoisotopic (exact) mass is 343 g/mol. The number of amides is 1. The number of nitrogens with one attached hydrogen (secondary N) is 2. The Labute approximate surface area is 148 Å². The smallest absolute Gasteiger partial charge is 0.253 e. The first-order chi connectivity index (χ1) is 12.0. The summed E-state index contributed by atoms with van der Waals surface area (Å²) in [6.07, 6.45) is 10.0. The van der Waals surface area contributed by atoms with Crippen molar-refractivity contribution in [2.45, 2.75) is 63.3 Å². The second-order valence-electron chi connectivity index (χ2n) is 7.68. The van der Waals surface area contributed by atoms with Crippen LogP contribution in [-0.2, 0) is 0 Å². The molecule has 5 heteroatoms. The highest BCUT2D eigenvalue weighted by atomic mass is 19.1. The molecule has 0 radical (unpaired) electrons. The van der Waals surface area contributed by atoms with Gasteiger partial charge in [-0.15, -0.1) is 0 Å². The van der Waals surface area contributed by atoms with Gasteiger partial charge in [0.1, 0.15) is 11.4 Å². The Morgan fingerprint density at radius 3 is 2.52 bits per heavy atom. The van der Waals surface area contributed by atoms with E-state index in [0.717, 1.165) is 19.3 Å². The summed E-state index contributed by atoms with van der Waals surface area (Å²) in [4.78, 5) is 11.6. The third-order valence-corrected chi connectivity index (χ3v) is 5.94. The predicted octanol–water partition coefficient (Wildman–Crippen LogP) is 4.38. The minimum absolute atomic E-state index is 0.0199. The molecular formula is C20H26FN3O. The lowest BCUT2D eigenvalue weighted by Crippen LogP contribution is -2.46. The Bertz CT molecular complexity index is 685. The molecule has 0 unspecified atom stereocenters. The van der Waals surface area contributed by atoms with Crippen LogP contribution >= 0.6 is 0 Å². The van der Waals surface area contributed by atoms with E-state index in [1.165, 1.54) is 57.7 Å². The van der Waals surface area contributed by atoms with Crippen LogP contribution in [-0.4, -0.2) is 18.5 Å². The van der Waals surface area contributed by atoms with Gasteiger partial charge in [0.05, 0.1) is 11.6 Å². The van der Waals surface area contributed by atoms with Gasteiger partial charge >= 0.3 is 0 Å². The van der Waals surface area contributed by atoms with Crippen LogP contribution in [0.1, 0.15) is 68.1 Å². The van der Waals surface area contributed by atoms with Crippen molar-refractivity contribution in [3.8, 4) is 6.07 Å². The number of benzene rings is 1. The number of nitrogens with zero attached hydrogens (tertiary/aromatic N) is 1. The SMILES string of the molecule is CNC(=O)c1ccc(N[C@@]2(C#N)CCCC3(CCCCC3)C2)cc1F. The maximum atomic E-state index is 14.2. The van der Waals surface area contributed by atoms with Crippen LogP contribution in [0.15, 0.2) is 18.2 Å². The number of hydrogen-bond acceptors (Lipinski definition) is 3. The van der Waals surface area contributed by atoms with E-state index in [2.05, 4.69) is 16.7 Å². The average molecular weight is 343 g/mol. The zero-order valence-corrected chi connectivity index (χ0v) is 14.8. The van der Waals surface area contributed by atoms with Crippen LogP contribution in [0.3, 0.4) is 0 Å². The third-order valence-electron chi connectivity index (χ3n) is 5.94. The van der Waals surface area contributed by atoms with Gasteiger partial charge in [-0.05, 0) is 62.1 Å². The number of hydrogen-bond donors (Lipinski definition) is 2.